The van der Waals surface area contributed by atoms with Gasteiger partial charge in [0, 0.05) is 37.6 Å². The summed E-state index contributed by atoms with van der Waals surface area (Å²) in [5.74, 6) is 1.43. The molecule has 2 aromatic heterocycles. The first-order valence-electron chi connectivity index (χ1n) is 7.60. The van der Waals surface area contributed by atoms with Crippen LogP contribution >= 0.6 is 0 Å². The molecular weight excluding hydrogens is 286 g/mol. The lowest BCUT2D eigenvalue weighted by Crippen LogP contribution is -2.08. The highest BCUT2D eigenvalue weighted by molar-refractivity contribution is 5.64. The number of rotatable bonds is 6. The topological polar surface area (TPSA) is 62.7 Å². The number of nitrogens with one attached hydrogen (secondary N) is 2. The predicted octanol–water partition coefficient (Wildman–Crippen LogP) is 3.23. The van der Waals surface area contributed by atoms with E-state index < -0.39 is 0 Å². The minimum absolute atomic E-state index is 0.609. The van der Waals surface area contributed by atoms with Crippen molar-refractivity contribution in [2.24, 2.45) is 0 Å². The lowest BCUT2D eigenvalue weighted by molar-refractivity contribution is 0.995. The minimum Gasteiger partial charge on any atom is -0.370 e. The van der Waals surface area contributed by atoms with E-state index in [0.717, 1.165) is 30.0 Å². The van der Waals surface area contributed by atoms with Gasteiger partial charge in [-0.05, 0) is 24.1 Å². The lowest BCUT2D eigenvalue weighted by Gasteiger charge is -2.10. The molecule has 2 N–H and O–H groups in total. The van der Waals surface area contributed by atoms with Crippen molar-refractivity contribution in [3.8, 4) is 11.3 Å². The summed E-state index contributed by atoms with van der Waals surface area (Å²) in [5, 5.41) is 6.38. The molecule has 0 radical (unpaired) electrons. The summed E-state index contributed by atoms with van der Waals surface area (Å²) in [6.07, 6.45) is 4.54. The first kappa shape index (κ1) is 15.0. The number of nitrogens with zero attached hydrogens (tertiary/aromatic N) is 3. The number of pyridine rings is 1. The second kappa shape index (κ2) is 7.35. The summed E-state index contributed by atoms with van der Waals surface area (Å²) in [6.45, 7) is 0.804. The summed E-state index contributed by atoms with van der Waals surface area (Å²) >= 11 is 0. The highest BCUT2D eigenvalue weighted by Gasteiger charge is 2.05. The van der Waals surface area contributed by atoms with Crippen LogP contribution in [0.1, 0.15) is 5.56 Å². The Kier molecular flexibility index (Phi) is 4.79. The SMILES string of the molecule is CNc1nc(NCCc2ccncc2)cc(-c2ccccc2)n1. The fraction of sp³-hybridized carbons (Fsp3) is 0.167. The molecule has 0 aliphatic carbocycles. The van der Waals surface area contributed by atoms with Crippen molar-refractivity contribution >= 4 is 11.8 Å². The van der Waals surface area contributed by atoms with Crippen LogP contribution in [0.25, 0.3) is 11.3 Å². The van der Waals surface area contributed by atoms with Gasteiger partial charge in [0.2, 0.25) is 5.95 Å². The largest absolute Gasteiger partial charge is 0.370 e. The maximum Gasteiger partial charge on any atom is 0.224 e. The van der Waals surface area contributed by atoms with Crippen LogP contribution < -0.4 is 10.6 Å². The molecule has 0 atom stereocenters. The molecule has 0 spiro atoms. The van der Waals surface area contributed by atoms with Crippen LogP contribution in [0, 0.1) is 0 Å². The Morgan fingerprint density at radius 2 is 1.74 bits per heavy atom. The molecule has 0 aliphatic rings. The Morgan fingerprint density at radius 1 is 0.957 bits per heavy atom. The number of benzene rings is 1. The molecule has 0 fully saturated rings. The van der Waals surface area contributed by atoms with Gasteiger partial charge in [-0.1, -0.05) is 30.3 Å². The fourth-order valence-corrected chi connectivity index (χ4v) is 2.29. The van der Waals surface area contributed by atoms with E-state index in [0.29, 0.717) is 5.95 Å². The molecule has 0 aliphatic heterocycles. The predicted molar refractivity (Wildman–Crippen MR) is 93.4 cm³/mol. The first-order chi connectivity index (χ1) is 11.3. The van der Waals surface area contributed by atoms with E-state index in [2.05, 4.69) is 25.6 Å². The van der Waals surface area contributed by atoms with Gasteiger partial charge in [-0.3, -0.25) is 4.98 Å². The van der Waals surface area contributed by atoms with Crippen LogP contribution in [0.2, 0.25) is 0 Å². The van der Waals surface area contributed by atoms with Gasteiger partial charge >= 0.3 is 0 Å². The standard InChI is InChI=1S/C18H19N5/c1-19-18-22-16(15-5-3-2-4-6-15)13-17(23-18)21-12-9-14-7-10-20-11-8-14/h2-8,10-11,13H,9,12H2,1H3,(H2,19,21,22,23). The average molecular weight is 305 g/mol. The van der Waals surface area contributed by atoms with E-state index in [9.17, 15) is 0 Å². The van der Waals surface area contributed by atoms with Crippen molar-refractivity contribution < 1.29 is 0 Å². The Labute approximate surface area is 135 Å². The van der Waals surface area contributed by atoms with Gasteiger partial charge < -0.3 is 10.6 Å². The highest BCUT2D eigenvalue weighted by atomic mass is 15.1. The molecule has 5 nitrogen and oxygen atoms in total. The Hall–Kier alpha value is -2.95. The van der Waals surface area contributed by atoms with Gasteiger partial charge in [0.25, 0.3) is 0 Å². The molecular formula is C18H19N5. The van der Waals surface area contributed by atoms with Crippen LogP contribution in [-0.2, 0) is 6.42 Å². The van der Waals surface area contributed by atoms with E-state index in [1.165, 1.54) is 5.56 Å². The number of hydrogen-bond acceptors (Lipinski definition) is 5. The highest BCUT2D eigenvalue weighted by Crippen LogP contribution is 2.21. The number of anilines is 2. The Morgan fingerprint density at radius 3 is 2.48 bits per heavy atom. The quantitative estimate of drug-likeness (QED) is 0.732. The monoisotopic (exact) mass is 305 g/mol. The molecule has 2 heterocycles. The zero-order valence-electron chi connectivity index (χ0n) is 13.0. The zero-order valence-corrected chi connectivity index (χ0v) is 13.0. The molecule has 5 heteroatoms. The third-order valence-corrected chi connectivity index (χ3v) is 3.49. The summed E-state index contributed by atoms with van der Waals surface area (Å²) in [6, 6.07) is 16.1. The van der Waals surface area contributed by atoms with Crippen molar-refractivity contribution in [2.75, 3.05) is 24.2 Å². The zero-order chi connectivity index (χ0) is 15.9. The Bertz CT molecular complexity index is 744. The van der Waals surface area contributed by atoms with E-state index >= 15 is 0 Å². The van der Waals surface area contributed by atoms with Gasteiger partial charge in [-0.15, -0.1) is 0 Å². The van der Waals surface area contributed by atoms with E-state index in [-0.39, 0.29) is 0 Å². The maximum atomic E-state index is 4.52. The second-order valence-corrected chi connectivity index (χ2v) is 5.11. The minimum atomic E-state index is 0.609. The molecule has 0 saturated heterocycles. The van der Waals surface area contributed by atoms with Gasteiger partial charge in [0.15, 0.2) is 0 Å². The number of aromatic nitrogens is 3. The van der Waals surface area contributed by atoms with Crippen molar-refractivity contribution in [1.82, 2.24) is 15.0 Å². The third-order valence-electron chi connectivity index (χ3n) is 3.49. The van der Waals surface area contributed by atoms with Crippen molar-refractivity contribution in [3.05, 3.63) is 66.5 Å². The third kappa shape index (κ3) is 4.03. The van der Waals surface area contributed by atoms with Crippen LogP contribution in [0.4, 0.5) is 11.8 Å². The smallest absolute Gasteiger partial charge is 0.224 e. The van der Waals surface area contributed by atoms with Crippen molar-refractivity contribution in [1.29, 1.82) is 0 Å². The molecule has 3 aromatic rings. The lowest BCUT2D eigenvalue weighted by atomic mass is 10.1. The van der Waals surface area contributed by atoms with Crippen molar-refractivity contribution in [2.45, 2.75) is 6.42 Å². The molecule has 0 amide bonds. The molecule has 116 valence electrons. The van der Waals surface area contributed by atoms with Crippen molar-refractivity contribution in [3.63, 3.8) is 0 Å². The maximum absolute atomic E-state index is 4.52. The van der Waals surface area contributed by atoms with Gasteiger partial charge in [0.05, 0.1) is 5.69 Å². The molecule has 23 heavy (non-hydrogen) atoms. The fourth-order valence-electron chi connectivity index (χ4n) is 2.29. The van der Waals surface area contributed by atoms with E-state index in [1.807, 2.05) is 68.0 Å². The van der Waals surface area contributed by atoms with Crippen LogP contribution in [0.5, 0.6) is 0 Å². The van der Waals surface area contributed by atoms with Crippen LogP contribution in [0.15, 0.2) is 60.9 Å². The Balaban J connectivity index is 1.74. The second-order valence-electron chi connectivity index (χ2n) is 5.11. The number of hydrogen-bond donors (Lipinski definition) is 2. The summed E-state index contributed by atoms with van der Waals surface area (Å²) in [5.41, 5.74) is 3.22. The molecule has 1 aromatic carbocycles. The van der Waals surface area contributed by atoms with E-state index in [1.54, 1.807) is 0 Å². The molecule has 0 bridgehead atoms. The molecule has 3 rings (SSSR count). The first-order valence-corrected chi connectivity index (χ1v) is 7.60. The van der Waals surface area contributed by atoms with Crippen LogP contribution in [0.3, 0.4) is 0 Å². The van der Waals surface area contributed by atoms with Gasteiger partial charge in [-0.2, -0.15) is 4.98 Å². The summed E-state index contributed by atoms with van der Waals surface area (Å²) < 4.78 is 0. The molecule has 0 unspecified atom stereocenters. The normalized spacial score (nSPS) is 10.3. The molecule has 0 saturated carbocycles. The van der Waals surface area contributed by atoms with Gasteiger partial charge in [-0.25, -0.2) is 4.98 Å². The van der Waals surface area contributed by atoms with E-state index in [4.69, 9.17) is 0 Å². The average Bonchev–Trinajstić information content (AvgIpc) is 2.63. The van der Waals surface area contributed by atoms with Gasteiger partial charge in [0.1, 0.15) is 5.82 Å². The summed E-state index contributed by atoms with van der Waals surface area (Å²) in [7, 11) is 1.82. The summed E-state index contributed by atoms with van der Waals surface area (Å²) in [4.78, 5) is 13.0. The van der Waals surface area contributed by atoms with Crippen LogP contribution in [-0.4, -0.2) is 28.5 Å².